The lowest BCUT2D eigenvalue weighted by molar-refractivity contribution is -0.404. The Hall–Kier alpha value is -0.920. The molecule has 4 saturated carbocycles. The first-order valence-electron chi connectivity index (χ1n) is 27.3. The molecule has 6 saturated heterocycles. The Morgan fingerprint density at radius 3 is 1.58 bits per heavy atom. The fraction of sp³-hybridized carbons (Fsp3) is 1.00. The molecule has 0 aromatic carbocycles. The van der Waals surface area contributed by atoms with Gasteiger partial charge in [-0.2, -0.15) is 0 Å². The third-order valence-corrected chi connectivity index (χ3v) is 20.4. The summed E-state index contributed by atoms with van der Waals surface area (Å²) in [6, 6.07) is 0. The molecular weight excluding hydrogens is 981 g/mol. The maximum Gasteiger partial charge on any atom is 0.187 e. The Morgan fingerprint density at radius 1 is 0.473 bits per heavy atom. The molecule has 0 aromatic rings. The topological polar surface area (TPSA) is 355 Å². The average molecular weight is 1070 g/mol. The van der Waals surface area contributed by atoms with E-state index >= 15 is 0 Å². The number of aliphatic hydroxyl groups is 13. The van der Waals surface area contributed by atoms with Crippen LogP contribution < -0.4 is 0 Å². The van der Waals surface area contributed by atoms with Crippen LogP contribution in [-0.4, -0.2) is 240 Å². The molecule has 23 heteroatoms. The van der Waals surface area contributed by atoms with Crippen LogP contribution in [0, 0.1) is 52.3 Å². The number of rotatable bonds is 12. The van der Waals surface area contributed by atoms with Gasteiger partial charge >= 0.3 is 0 Å². The van der Waals surface area contributed by atoms with Crippen molar-refractivity contribution in [1.29, 1.82) is 0 Å². The molecular formula is C51H84O23. The zero-order valence-electron chi connectivity index (χ0n) is 42.7. The van der Waals surface area contributed by atoms with E-state index in [1.54, 1.807) is 0 Å². The van der Waals surface area contributed by atoms with Gasteiger partial charge in [0.1, 0.15) is 97.7 Å². The van der Waals surface area contributed by atoms with Gasteiger partial charge in [-0.25, -0.2) is 0 Å². The summed E-state index contributed by atoms with van der Waals surface area (Å²) in [5.41, 5.74) is 0.286. The van der Waals surface area contributed by atoms with Gasteiger partial charge in [-0.15, -0.1) is 0 Å². The first-order chi connectivity index (χ1) is 35.2. The smallest absolute Gasteiger partial charge is 0.187 e. The van der Waals surface area contributed by atoms with Crippen LogP contribution in [0.4, 0.5) is 0 Å². The lowest BCUT2D eigenvalue weighted by Gasteiger charge is -2.61. The first kappa shape index (κ1) is 56.4. The van der Waals surface area contributed by atoms with Crippen molar-refractivity contribution in [3.63, 3.8) is 0 Å². The molecule has 32 atom stereocenters. The van der Waals surface area contributed by atoms with Gasteiger partial charge < -0.3 is 114 Å². The van der Waals surface area contributed by atoms with Crippen molar-refractivity contribution < 1.29 is 114 Å². The second-order valence-electron chi connectivity index (χ2n) is 24.3. The number of fused-ring (bicyclic) bond motifs is 7. The summed E-state index contributed by atoms with van der Waals surface area (Å²) in [6.45, 7) is 7.04. The number of hydrogen-bond donors (Lipinski definition) is 13. The average Bonchev–Trinajstić information content (AvgIpc) is 3.87. The summed E-state index contributed by atoms with van der Waals surface area (Å²) < 4.78 is 61.2. The molecule has 10 aliphatic rings. The molecule has 0 aromatic heterocycles. The largest absolute Gasteiger partial charge is 0.394 e. The van der Waals surface area contributed by atoms with Crippen molar-refractivity contribution >= 4 is 0 Å². The second-order valence-corrected chi connectivity index (χ2v) is 24.3. The van der Waals surface area contributed by atoms with E-state index in [9.17, 15) is 66.4 Å². The van der Waals surface area contributed by atoms with E-state index in [1.807, 2.05) is 0 Å². The standard InChI is InChI=1S/C51H84O23/c1-20-7-12-51(65-19-20)21(2)32-27(74-51)14-26-24-6-5-22-13-23(8-10-49(22,3)25(24)9-11-50(26,32)4)66-45-41(64)39(62)42(31(18-55)70-45)71-47-44(38(61)35(58)29(16-53)68-47)73-48-43(37(60)34(57)30(17-54)69-48)72-46-40(63)36(59)33(56)28(15-52)67-46/h20-48,52-64H,5-19H2,1-4H3/t20-,21+,22+,23+,24-,25+,26+,27+,28-,29-,30-,31-,32+,33-,34-,35-,36+,37+,38+,39-,40-,41-,42+,43-,44-,45-,46+,47+,48+,49+,50+,51-/m1/s1. The Balaban J connectivity index is 0.795. The van der Waals surface area contributed by atoms with E-state index in [0.29, 0.717) is 47.8 Å². The molecule has 6 aliphatic heterocycles. The molecule has 426 valence electrons. The highest BCUT2D eigenvalue weighted by atomic mass is 16.8. The third-order valence-electron chi connectivity index (χ3n) is 20.4. The van der Waals surface area contributed by atoms with Gasteiger partial charge in [0.15, 0.2) is 30.9 Å². The van der Waals surface area contributed by atoms with E-state index in [4.69, 9.17) is 47.4 Å². The van der Waals surface area contributed by atoms with Crippen LogP contribution in [0.15, 0.2) is 0 Å². The summed E-state index contributed by atoms with van der Waals surface area (Å²) in [7, 11) is 0. The van der Waals surface area contributed by atoms with E-state index < -0.39 is 155 Å². The minimum Gasteiger partial charge on any atom is -0.394 e. The van der Waals surface area contributed by atoms with Crippen LogP contribution in [0.5, 0.6) is 0 Å². The monoisotopic (exact) mass is 1060 g/mol. The van der Waals surface area contributed by atoms with Crippen molar-refractivity contribution in [2.24, 2.45) is 52.3 Å². The highest BCUT2D eigenvalue weighted by molar-refractivity contribution is 5.15. The summed E-state index contributed by atoms with van der Waals surface area (Å²) in [5, 5.41) is 140. The van der Waals surface area contributed by atoms with Gasteiger partial charge in [0.05, 0.1) is 45.2 Å². The number of ether oxygens (including phenoxy) is 10. The fourth-order valence-electron chi connectivity index (χ4n) is 16.1. The highest BCUT2D eigenvalue weighted by Gasteiger charge is 2.69. The predicted molar refractivity (Wildman–Crippen MR) is 248 cm³/mol. The van der Waals surface area contributed by atoms with Gasteiger partial charge in [-0.3, -0.25) is 0 Å². The van der Waals surface area contributed by atoms with Crippen molar-refractivity contribution in [3.05, 3.63) is 0 Å². The quantitative estimate of drug-likeness (QED) is 0.0872. The summed E-state index contributed by atoms with van der Waals surface area (Å²) in [4.78, 5) is 0. The predicted octanol–water partition coefficient (Wildman–Crippen LogP) is -2.91. The van der Waals surface area contributed by atoms with E-state index in [2.05, 4.69) is 27.7 Å². The maximum absolute atomic E-state index is 11.7. The Morgan fingerprint density at radius 2 is 0.986 bits per heavy atom. The molecule has 0 unspecified atom stereocenters. The second kappa shape index (κ2) is 21.9. The number of hydrogen-bond acceptors (Lipinski definition) is 23. The number of aliphatic hydroxyl groups excluding tert-OH is 13. The zero-order valence-corrected chi connectivity index (χ0v) is 42.7. The van der Waals surface area contributed by atoms with Crippen LogP contribution in [-0.2, 0) is 47.4 Å². The maximum atomic E-state index is 11.7. The molecule has 10 fully saturated rings. The van der Waals surface area contributed by atoms with Gasteiger partial charge in [-0.1, -0.05) is 27.7 Å². The fourth-order valence-corrected chi connectivity index (χ4v) is 16.1. The Labute approximate surface area is 430 Å². The minimum absolute atomic E-state index is 0.0884. The third kappa shape index (κ3) is 9.56. The molecule has 0 amide bonds. The van der Waals surface area contributed by atoms with E-state index in [1.165, 1.54) is 6.42 Å². The molecule has 23 nitrogen and oxygen atoms in total. The van der Waals surface area contributed by atoms with Crippen LogP contribution in [0.2, 0.25) is 0 Å². The van der Waals surface area contributed by atoms with Gasteiger partial charge in [0, 0.05) is 12.3 Å². The first-order valence-corrected chi connectivity index (χ1v) is 27.3. The SMILES string of the molecule is C[C@@H]1CC[C@@]2(OC1)O[C@H]1C[C@H]3[C@@H]4CC[C@H]5C[C@@H](O[C@@H]6O[C@H](CO)[C@H](O[C@@H]7O[C@H](CO)[C@@H](O)[C@H](O)[C@H]7O[C@@H]7O[C@H](CO)[C@@H](O)[C@H](O)[C@H]7O[C@@H]7O[C@H](CO)[C@@H](O)[C@H](O)[C@H]7O)[C@H](O)[C@H]6O)CC[C@]5(C)[C@H]4CC[C@]3(C)[C@H]1[C@@H]2C. The van der Waals surface area contributed by atoms with Crippen molar-refractivity contribution in [2.75, 3.05) is 33.0 Å². The minimum atomic E-state index is -2.01. The molecule has 1 spiro atoms. The van der Waals surface area contributed by atoms with Crippen molar-refractivity contribution in [1.82, 2.24) is 0 Å². The van der Waals surface area contributed by atoms with Crippen molar-refractivity contribution in [2.45, 2.75) is 233 Å². The Kier molecular flexibility index (Phi) is 16.6. The van der Waals surface area contributed by atoms with Gasteiger partial charge in [-0.05, 0) is 104 Å². The lowest BCUT2D eigenvalue weighted by Crippen LogP contribution is -2.68. The van der Waals surface area contributed by atoms with Gasteiger partial charge in [0.2, 0.25) is 0 Å². The normalized spacial score (nSPS) is 57.6. The summed E-state index contributed by atoms with van der Waals surface area (Å²) in [6.07, 6.45) is -25.6. The summed E-state index contributed by atoms with van der Waals surface area (Å²) in [5.74, 6) is 3.04. The molecule has 0 bridgehead atoms. The van der Waals surface area contributed by atoms with Crippen LogP contribution in [0.1, 0.15) is 91.9 Å². The molecule has 13 N–H and O–H groups in total. The zero-order chi connectivity index (χ0) is 52.9. The summed E-state index contributed by atoms with van der Waals surface area (Å²) >= 11 is 0. The van der Waals surface area contributed by atoms with Crippen LogP contribution in [0.3, 0.4) is 0 Å². The van der Waals surface area contributed by atoms with Crippen LogP contribution >= 0.6 is 0 Å². The molecule has 4 aliphatic carbocycles. The van der Waals surface area contributed by atoms with Gasteiger partial charge in [0.25, 0.3) is 0 Å². The highest BCUT2D eigenvalue weighted by Crippen LogP contribution is 2.71. The van der Waals surface area contributed by atoms with E-state index in [0.717, 1.165) is 58.0 Å². The van der Waals surface area contributed by atoms with Crippen molar-refractivity contribution in [3.8, 4) is 0 Å². The Bertz CT molecular complexity index is 1880. The van der Waals surface area contributed by atoms with E-state index in [-0.39, 0.29) is 23.0 Å². The molecule has 10 rings (SSSR count). The molecule has 74 heavy (non-hydrogen) atoms. The molecule has 0 radical (unpaired) electrons. The van der Waals surface area contributed by atoms with Crippen LogP contribution in [0.25, 0.3) is 0 Å². The lowest BCUT2D eigenvalue weighted by atomic mass is 9.44. The molecule has 6 heterocycles.